The Kier molecular flexibility index (Phi) is 7.40. The molecule has 74 valence electrons. The summed E-state index contributed by atoms with van der Waals surface area (Å²) in [6, 6.07) is 1.41. The van der Waals surface area contributed by atoms with Crippen LogP contribution in [-0.2, 0) is 6.54 Å². The highest BCUT2D eigenvalue weighted by molar-refractivity contribution is 5.85. The molecule has 5 nitrogen and oxygen atoms in total. The summed E-state index contributed by atoms with van der Waals surface area (Å²) in [5, 5.41) is 10.2. The number of nitrogens with two attached hydrogens (primary N) is 1. The highest BCUT2D eigenvalue weighted by Crippen LogP contribution is 2.09. The zero-order valence-electron chi connectivity index (χ0n) is 6.54. The Morgan fingerprint density at radius 3 is 2.54 bits per heavy atom. The summed E-state index contributed by atoms with van der Waals surface area (Å²) >= 11 is 0. The lowest BCUT2D eigenvalue weighted by Gasteiger charge is -1.93. The highest BCUT2D eigenvalue weighted by Gasteiger charge is 2.04. The smallest absolute Gasteiger partial charge is 0.287 e. The molecular formula is C6H9Cl2N3O2. The molecule has 0 aliphatic heterocycles. The average molecular weight is 226 g/mol. The Morgan fingerprint density at radius 2 is 2.08 bits per heavy atom. The molecule has 0 bridgehead atoms. The first kappa shape index (κ1) is 14.6. The molecule has 2 N–H and O–H groups in total. The molecule has 0 fully saturated rings. The number of aromatic nitrogens is 1. The van der Waals surface area contributed by atoms with Crippen LogP contribution in [0.5, 0.6) is 0 Å². The van der Waals surface area contributed by atoms with Crippen LogP contribution in [-0.4, -0.2) is 9.91 Å². The van der Waals surface area contributed by atoms with Crippen molar-refractivity contribution in [3.8, 4) is 0 Å². The minimum absolute atomic E-state index is 0. The molecule has 0 aliphatic rings. The van der Waals surface area contributed by atoms with Crippen molar-refractivity contribution in [1.29, 1.82) is 0 Å². The van der Waals surface area contributed by atoms with Crippen LogP contribution < -0.4 is 5.73 Å². The van der Waals surface area contributed by atoms with Gasteiger partial charge in [-0.2, -0.15) is 0 Å². The fourth-order valence-electron chi connectivity index (χ4n) is 0.685. The Labute approximate surface area is 87.3 Å². The molecular weight excluding hydrogens is 217 g/mol. The van der Waals surface area contributed by atoms with Gasteiger partial charge in [0.05, 0.1) is 4.92 Å². The Balaban J connectivity index is 0. The fourth-order valence-corrected chi connectivity index (χ4v) is 0.685. The summed E-state index contributed by atoms with van der Waals surface area (Å²) in [6.07, 6.45) is 2.70. The van der Waals surface area contributed by atoms with Crippen molar-refractivity contribution < 1.29 is 4.92 Å². The Bertz CT molecular complexity index is 282. The molecule has 1 rings (SSSR count). The van der Waals surface area contributed by atoms with Crippen molar-refractivity contribution in [2.24, 2.45) is 5.73 Å². The van der Waals surface area contributed by atoms with E-state index in [2.05, 4.69) is 4.98 Å². The third kappa shape index (κ3) is 4.02. The van der Waals surface area contributed by atoms with Crippen LogP contribution in [0.1, 0.15) is 5.56 Å². The van der Waals surface area contributed by atoms with E-state index in [1.165, 1.54) is 18.5 Å². The van der Waals surface area contributed by atoms with Crippen molar-refractivity contribution in [3.63, 3.8) is 0 Å². The van der Waals surface area contributed by atoms with Crippen LogP contribution >= 0.6 is 24.8 Å². The third-order valence-electron chi connectivity index (χ3n) is 1.23. The quantitative estimate of drug-likeness (QED) is 0.608. The fraction of sp³-hybridized carbons (Fsp3) is 0.167. The van der Waals surface area contributed by atoms with Gasteiger partial charge >= 0.3 is 0 Å². The van der Waals surface area contributed by atoms with Gasteiger partial charge in [-0.1, -0.05) is 0 Å². The topological polar surface area (TPSA) is 82.0 Å². The summed E-state index contributed by atoms with van der Waals surface area (Å²) < 4.78 is 0. The molecule has 0 amide bonds. The number of rotatable bonds is 2. The van der Waals surface area contributed by atoms with E-state index in [1.54, 1.807) is 0 Å². The summed E-state index contributed by atoms with van der Waals surface area (Å²) in [5.41, 5.74) is 5.90. The van der Waals surface area contributed by atoms with Crippen molar-refractivity contribution in [2.45, 2.75) is 6.54 Å². The van der Waals surface area contributed by atoms with Crippen molar-refractivity contribution in [1.82, 2.24) is 4.98 Å². The van der Waals surface area contributed by atoms with Crippen LogP contribution in [0.3, 0.4) is 0 Å². The van der Waals surface area contributed by atoms with E-state index in [4.69, 9.17) is 5.73 Å². The number of hydrogen-bond donors (Lipinski definition) is 1. The van der Waals surface area contributed by atoms with Crippen LogP contribution in [0.15, 0.2) is 18.5 Å². The average Bonchev–Trinajstić information content (AvgIpc) is 2.05. The second-order valence-electron chi connectivity index (χ2n) is 2.01. The van der Waals surface area contributed by atoms with Crippen LogP contribution in [0.4, 0.5) is 5.69 Å². The Hall–Kier alpha value is -0.910. The lowest BCUT2D eigenvalue weighted by atomic mass is 10.3. The molecule has 1 heterocycles. The standard InChI is InChI=1S/C6H7N3O2.2ClH/c7-2-5-1-6(9(10)11)4-8-3-5;;/h1,3-4H,2,7H2;2*1H. The summed E-state index contributed by atoms with van der Waals surface area (Å²) in [4.78, 5) is 13.4. The minimum atomic E-state index is -0.494. The number of nitrogens with zero attached hydrogens (tertiary/aromatic N) is 2. The molecule has 0 aliphatic carbocycles. The molecule has 0 saturated carbocycles. The molecule has 0 unspecified atom stereocenters. The van der Waals surface area contributed by atoms with E-state index in [0.717, 1.165) is 0 Å². The van der Waals surface area contributed by atoms with E-state index in [-0.39, 0.29) is 37.0 Å². The van der Waals surface area contributed by atoms with Crippen LogP contribution in [0, 0.1) is 10.1 Å². The lowest BCUT2D eigenvalue weighted by molar-refractivity contribution is -0.385. The predicted octanol–water partition coefficient (Wildman–Crippen LogP) is 1.29. The lowest BCUT2D eigenvalue weighted by Crippen LogP contribution is -1.98. The molecule has 0 saturated heterocycles. The monoisotopic (exact) mass is 225 g/mol. The summed E-state index contributed by atoms with van der Waals surface area (Å²) in [7, 11) is 0. The minimum Gasteiger partial charge on any atom is -0.326 e. The zero-order chi connectivity index (χ0) is 8.27. The maximum absolute atomic E-state index is 10.2. The maximum atomic E-state index is 10.2. The second-order valence-corrected chi connectivity index (χ2v) is 2.01. The van der Waals surface area contributed by atoms with E-state index >= 15 is 0 Å². The van der Waals surface area contributed by atoms with Crippen LogP contribution in [0.2, 0.25) is 0 Å². The van der Waals surface area contributed by atoms with Crippen LogP contribution in [0.25, 0.3) is 0 Å². The van der Waals surface area contributed by atoms with Gasteiger partial charge in [0.15, 0.2) is 0 Å². The predicted molar refractivity (Wildman–Crippen MR) is 53.3 cm³/mol. The number of nitro groups is 1. The largest absolute Gasteiger partial charge is 0.326 e. The van der Waals surface area contributed by atoms with Gasteiger partial charge in [0.25, 0.3) is 5.69 Å². The number of pyridine rings is 1. The molecule has 1 aromatic heterocycles. The van der Waals surface area contributed by atoms with E-state index in [1.807, 2.05) is 0 Å². The normalized spacial score (nSPS) is 8.08. The van der Waals surface area contributed by atoms with Gasteiger partial charge in [0, 0.05) is 18.8 Å². The first-order chi connectivity index (χ1) is 5.24. The first-order valence-corrected chi connectivity index (χ1v) is 3.02. The molecule has 0 radical (unpaired) electrons. The van der Waals surface area contributed by atoms with Crippen molar-refractivity contribution >= 4 is 30.5 Å². The van der Waals surface area contributed by atoms with Gasteiger partial charge in [0.1, 0.15) is 6.20 Å². The third-order valence-corrected chi connectivity index (χ3v) is 1.23. The van der Waals surface area contributed by atoms with Crippen molar-refractivity contribution in [3.05, 3.63) is 34.1 Å². The maximum Gasteiger partial charge on any atom is 0.287 e. The van der Waals surface area contributed by atoms with Crippen molar-refractivity contribution in [2.75, 3.05) is 0 Å². The van der Waals surface area contributed by atoms with Gasteiger partial charge < -0.3 is 5.73 Å². The summed E-state index contributed by atoms with van der Waals surface area (Å²) in [5.74, 6) is 0. The molecule has 0 aromatic carbocycles. The summed E-state index contributed by atoms with van der Waals surface area (Å²) in [6.45, 7) is 0.272. The van der Waals surface area contributed by atoms with Gasteiger partial charge in [0.2, 0.25) is 0 Å². The van der Waals surface area contributed by atoms with Gasteiger partial charge in [-0.25, -0.2) is 0 Å². The van der Waals surface area contributed by atoms with Gasteiger partial charge in [-0.15, -0.1) is 24.8 Å². The van der Waals surface area contributed by atoms with Gasteiger partial charge in [-0.05, 0) is 5.56 Å². The van der Waals surface area contributed by atoms with E-state index < -0.39 is 4.92 Å². The SMILES string of the molecule is Cl.Cl.NCc1cncc([N+](=O)[O-])c1. The molecule has 7 heteroatoms. The molecule has 13 heavy (non-hydrogen) atoms. The number of hydrogen-bond acceptors (Lipinski definition) is 4. The van der Waals surface area contributed by atoms with Gasteiger partial charge in [-0.3, -0.25) is 15.1 Å². The first-order valence-electron chi connectivity index (χ1n) is 3.02. The zero-order valence-corrected chi connectivity index (χ0v) is 8.18. The second kappa shape index (κ2) is 6.59. The molecule has 0 atom stereocenters. The number of halogens is 2. The molecule has 1 aromatic rings. The molecule has 0 spiro atoms. The van der Waals surface area contributed by atoms with E-state index in [9.17, 15) is 10.1 Å². The highest BCUT2D eigenvalue weighted by atomic mass is 35.5. The van der Waals surface area contributed by atoms with E-state index in [0.29, 0.717) is 5.56 Å². The Morgan fingerprint density at radius 1 is 1.46 bits per heavy atom.